The Kier molecular flexibility index (Phi) is 2.94. The lowest BCUT2D eigenvalue weighted by atomic mass is 10.1. The Morgan fingerprint density at radius 2 is 1.92 bits per heavy atom. The van der Waals surface area contributed by atoms with E-state index >= 15 is 0 Å². The molecular weight excluding hydrogens is 150 g/mol. The molecule has 0 unspecified atom stereocenters. The second-order valence-electron chi connectivity index (χ2n) is 2.81. The Morgan fingerprint density at radius 1 is 1.17 bits per heavy atom. The van der Waals surface area contributed by atoms with Crippen LogP contribution in [0.25, 0.3) is 0 Å². The third kappa shape index (κ3) is 1.89. The Bertz CT molecular complexity index is 258. The fourth-order valence-corrected chi connectivity index (χ4v) is 1.14. The minimum absolute atomic E-state index is 0.657. The largest absolute Gasteiger partial charge is 0.397 e. The van der Waals surface area contributed by atoms with Gasteiger partial charge in [0.1, 0.15) is 0 Å². The zero-order valence-corrected chi connectivity index (χ0v) is 7.09. The first-order valence-electron chi connectivity index (χ1n) is 4.08. The van der Waals surface area contributed by atoms with Crippen LogP contribution in [0.4, 0.5) is 11.4 Å². The third-order valence-corrected chi connectivity index (χ3v) is 1.88. The summed E-state index contributed by atoms with van der Waals surface area (Å²) in [6.45, 7) is 0.689. The molecule has 0 bridgehead atoms. The van der Waals surface area contributed by atoms with Crippen molar-refractivity contribution in [3.8, 4) is 0 Å². The molecule has 0 atom stereocenters. The van der Waals surface area contributed by atoms with Crippen molar-refractivity contribution in [2.75, 3.05) is 18.0 Å². The molecule has 0 aliphatic carbocycles. The topological polar surface area (TPSA) is 78.1 Å². The van der Waals surface area contributed by atoms with Crippen molar-refractivity contribution >= 4 is 11.4 Å². The summed E-state index contributed by atoms with van der Waals surface area (Å²) < 4.78 is 0. The van der Waals surface area contributed by atoms with Gasteiger partial charge in [0.25, 0.3) is 0 Å². The number of aryl methyl sites for hydroxylation is 1. The van der Waals surface area contributed by atoms with Crippen molar-refractivity contribution in [1.29, 1.82) is 0 Å². The molecular formula is C9H15N3. The van der Waals surface area contributed by atoms with Crippen LogP contribution in [0.5, 0.6) is 0 Å². The zero-order chi connectivity index (χ0) is 8.97. The molecule has 3 heteroatoms. The number of rotatable bonds is 3. The number of nitrogens with two attached hydrogens (primary N) is 3. The van der Waals surface area contributed by atoms with E-state index in [0.717, 1.165) is 18.4 Å². The van der Waals surface area contributed by atoms with Gasteiger partial charge in [0, 0.05) is 0 Å². The van der Waals surface area contributed by atoms with E-state index in [-0.39, 0.29) is 0 Å². The third-order valence-electron chi connectivity index (χ3n) is 1.88. The summed E-state index contributed by atoms with van der Waals surface area (Å²) in [6.07, 6.45) is 1.86. The van der Waals surface area contributed by atoms with Crippen molar-refractivity contribution < 1.29 is 0 Å². The standard InChI is InChI=1S/C9H15N3/c10-6-2-4-7-3-1-5-8(11)9(7)12/h1,3,5H,2,4,6,10-12H2. The lowest BCUT2D eigenvalue weighted by molar-refractivity contribution is 0.834. The van der Waals surface area contributed by atoms with Crippen LogP contribution in [0.1, 0.15) is 12.0 Å². The van der Waals surface area contributed by atoms with Crippen molar-refractivity contribution in [1.82, 2.24) is 0 Å². The Hall–Kier alpha value is -1.22. The van der Waals surface area contributed by atoms with Crippen molar-refractivity contribution in [2.45, 2.75) is 12.8 Å². The molecule has 6 N–H and O–H groups in total. The highest BCUT2D eigenvalue weighted by molar-refractivity contribution is 5.67. The van der Waals surface area contributed by atoms with Crippen molar-refractivity contribution in [3.05, 3.63) is 23.8 Å². The SMILES string of the molecule is NCCCc1cccc(N)c1N. The quantitative estimate of drug-likeness (QED) is 0.578. The van der Waals surface area contributed by atoms with Gasteiger partial charge in [-0.3, -0.25) is 0 Å². The molecule has 0 saturated heterocycles. The van der Waals surface area contributed by atoms with E-state index in [1.165, 1.54) is 0 Å². The Morgan fingerprint density at radius 3 is 2.58 bits per heavy atom. The first kappa shape index (κ1) is 8.87. The summed E-state index contributed by atoms with van der Waals surface area (Å²) in [5, 5.41) is 0. The van der Waals surface area contributed by atoms with E-state index in [9.17, 15) is 0 Å². The van der Waals surface area contributed by atoms with Crippen LogP contribution in [0.2, 0.25) is 0 Å². The number of benzene rings is 1. The summed E-state index contributed by atoms with van der Waals surface area (Å²) in [5.74, 6) is 0. The highest BCUT2D eigenvalue weighted by Gasteiger charge is 2.00. The molecule has 0 aliphatic rings. The second kappa shape index (κ2) is 3.97. The highest BCUT2D eigenvalue weighted by Crippen LogP contribution is 2.20. The number of hydrogen-bond acceptors (Lipinski definition) is 3. The average molecular weight is 165 g/mol. The fraction of sp³-hybridized carbons (Fsp3) is 0.333. The summed E-state index contributed by atoms with van der Waals surface area (Å²) in [6, 6.07) is 5.71. The van der Waals surface area contributed by atoms with Gasteiger partial charge in [-0.15, -0.1) is 0 Å². The molecule has 1 aromatic carbocycles. The van der Waals surface area contributed by atoms with Crippen molar-refractivity contribution in [2.24, 2.45) is 5.73 Å². The molecule has 12 heavy (non-hydrogen) atoms. The van der Waals surface area contributed by atoms with E-state index in [4.69, 9.17) is 17.2 Å². The van der Waals surface area contributed by atoms with Gasteiger partial charge < -0.3 is 17.2 Å². The summed E-state index contributed by atoms with van der Waals surface area (Å²) in [5.41, 5.74) is 19.2. The predicted molar refractivity (Wildman–Crippen MR) is 52.6 cm³/mol. The van der Waals surface area contributed by atoms with Gasteiger partial charge in [-0.05, 0) is 31.0 Å². The maximum atomic E-state index is 5.76. The van der Waals surface area contributed by atoms with Crippen LogP contribution >= 0.6 is 0 Å². The van der Waals surface area contributed by atoms with Gasteiger partial charge in [-0.1, -0.05) is 12.1 Å². The van der Waals surface area contributed by atoms with E-state index in [1.807, 2.05) is 12.1 Å². The lowest BCUT2D eigenvalue weighted by Gasteiger charge is -2.06. The van der Waals surface area contributed by atoms with Crippen LogP contribution < -0.4 is 17.2 Å². The van der Waals surface area contributed by atoms with Crippen molar-refractivity contribution in [3.63, 3.8) is 0 Å². The molecule has 0 amide bonds. The monoisotopic (exact) mass is 165 g/mol. The summed E-state index contributed by atoms with van der Waals surface area (Å²) in [7, 11) is 0. The molecule has 1 rings (SSSR count). The maximum Gasteiger partial charge on any atom is 0.0580 e. The van der Waals surface area contributed by atoms with Crippen LogP contribution in [0.15, 0.2) is 18.2 Å². The number of para-hydroxylation sites is 1. The number of anilines is 2. The zero-order valence-electron chi connectivity index (χ0n) is 7.09. The molecule has 3 nitrogen and oxygen atoms in total. The van der Waals surface area contributed by atoms with Crippen LogP contribution in [-0.2, 0) is 6.42 Å². The van der Waals surface area contributed by atoms with Crippen LogP contribution in [0, 0.1) is 0 Å². The van der Waals surface area contributed by atoms with E-state index in [0.29, 0.717) is 17.9 Å². The maximum absolute atomic E-state index is 5.76. The Balaban J connectivity index is 2.78. The first-order valence-corrected chi connectivity index (χ1v) is 4.08. The minimum Gasteiger partial charge on any atom is -0.397 e. The number of hydrogen-bond donors (Lipinski definition) is 3. The second-order valence-corrected chi connectivity index (χ2v) is 2.81. The molecule has 0 radical (unpaired) electrons. The van der Waals surface area contributed by atoms with Gasteiger partial charge in [0.2, 0.25) is 0 Å². The van der Waals surface area contributed by atoms with Gasteiger partial charge in [-0.25, -0.2) is 0 Å². The summed E-state index contributed by atoms with van der Waals surface area (Å²) in [4.78, 5) is 0. The highest BCUT2D eigenvalue weighted by atomic mass is 14.7. The minimum atomic E-state index is 0.657. The van der Waals surface area contributed by atoms with Gasteiger partial charge >= 0.3 is 0 Å². The van der Waals surface area contributed by atoms with Gasteiger partial charge in [0.05, 0.1) is 11.4 Å². The summed E-state index contributed by atoms with van der Waals surface area (Å²) >= 11 is 0. The smallest absolute Gasteiger partial charge is 0.0580 e. The van der Waals surface area contributed by atoms with E-state index in [1.54, 1.807) is 6.07 Å². The van der Waals surface area contributed by atoms with Gasteiger partial charge in [-0.2, -0.15) is 0 Å². The molecule has 66 valence electrons. The fourth-order valence-electron chi connectivity index (χ4n) is 1.14. The molecule has 0 heterocycles. The molecule has 0 aliphatic heterocycles. The van der Waals surface area contributed by atoms with Gasteiger partial charge in [0.15, 0.2) is 0 Å². The Labute approximate surface area is 72.5 Å². The molecule has 0 fully saturated rings. The molecule has 1 aromatic rings. The first-order chi connectivity index (χ1) is 5.75. The van der Waals surface area contributed by atoms with Crippen LogP contribution in [-0.4, -0.2) is 6.54 Å². The van der Waals surface area contributed by atoms with E-state index in [2.05, 4.69) is 0 Å². The van der Waals surface area contributed by atoms with E-state index < -0.39 is 0 Å². The average Bonchev–Trinajstić information content (AvgIpc) is 2.08. The number of nitrogen functional groups attached to an aromatic ring is 2. The molecule has 0 spiro atoms. The van der Waals surface area contributed by atoms with Crippen LogP contribution in [0.3, 0.4) is 0 Å². The normalized spacial score (nSPS) is 10.1. The lowest BCUT2D eigenvalue weighted by Crippen LogP contribution is -2.04. The predicted octanol–water partition coefficient (Wildman–Crippen LogP) is 0.742. The molecule has 0 aromatic heterocycles. The molecule has 0 saturated carbocycles.